The highest BCUT2D eigenvalue weighted by Crippen LogP contribution is 2.37. The first-order valence-corrected chi connectivity index (χ1v) is 17.1. The lowest BCUT2D eigenvalue weighted by molar-refractivity contribution is -1.02. The lowest BCUT2D eigenvalue weighted by Crippen LogP contribution is -3.29. The molecule has 6 rings (SSSR count). The average Bonchev–Trinajstić information content (AvgIpc) is 3.87. The molecule has 4 aliphatic rings. The molecule has 0 radical (unpaired) electrons. The molecule has 2 aliphatic carbocycles. The fraction of sp³-hybridized carbons (Fsp3) is 0.647. The smallest absolute Gasteiger partial charge is 0.251 e. The molecule has 11 nitrogen and oxygen atoms in total. The van der Waals surface area contributed by atoms with Gasteiger partial charge in [-0.1, -0.05) is 6.92 Å². The SMILES string of the molecule is CC[C@@H]1C(=O)N(C)c2cnc(Nc3ccc(C(=O)NC4CCC([NH+]5CC[NH+](CC6CC6)CC5)CC4)cc3OC)nc2N1C(C)C. The predicted octanol–water partition coefficient (Wildman–Crippen LogP) is 1.43. The highest BCUT2D eigenvalue weighted by Gasteiger charge is 2.39. The Morgan fingerprint density at radius 2 is 1.82 bits per heavy atom. The third-order valence-electron chi connectivity index (χ3n) is 10.5. The summed E-state index contributed by atoms with van der Waals surface area (Å²) < 4.78 is 5.68. The van der Waals surface area contributed by atoms with Crippen molar-refractivity contribution in [3.63, 3.8) is 0 Å². The number of carbonyl (C=O) groups excluding carboxylic acids is 2. The highest BCUT2D eigenvalue weighted by molar-refractivity contribution is 6.04. The number of rotatable bonds is 10. The summed E-state index contributed by atoms with van der Waals surface area (Å²) in [7, 11) is 3.37. The number of nitrogens with zero attached hydrogens (tertiary/aromatic N) is 4. The standard InChI is InChI=1S/C34H50N8O3/c1-6-28-33(44)39(4)29-20-35-34(38-31(29)42(28)22(2)3)37-27-14-9-24(19-30(27)45-5)32(43)36-25-10-12-26(13-11-25)41-17-15-40(16-18-41)21-23-7-8-23/h9,14,19-20,22-23,25-26,28H,6-8,10-13,15-18,21H2,1-5H3,(H,36,43)(H,35,37,38)/p+2/t25?,26?,28-/m1/s1. The third kappa shape index (κ3) is 6.89. The quantitative estimate of drug-likeness (QED) is 0.319. The van der Waals surface area contributed by atoms with Crippen molar-refractivity contribution in [1.82, 2.24) is 15.3 Å². The van der Waals surface area contributed by atoms with Gasteiger partial charge in [-0.3, -0.25) is 9.59 Å². The van der Waals surface area contributed by atoms with Gasteiger partial charge in [0.15, 0.2) is 5.82 Å². The number of ether oxygens (including phenoxy) is 1. The molecule has 0 unspecified atom stereocenters. The van der Waals surface area contributed by atoms with Crippen molar-refractivity contribution in [3.8, 4) is 5.75 Å². The first kappa shape index (κ1) is 31.5. The second kappa shape index (κ2) is 13.5. The van der Waals surface area contributed by atoms with Crippen LogP contribution in [-0.4, -0.2) is 92.8 Å². The predicted molar refractivity (Wildman–Crippen MR) is 176 cm³/mol. The van der Waals surface area contributed by atoms with Crippen LogP contribution in [-0.2, 0) is 4.79 Å². The van der Waals surface area contributed by atoms with E-state index in [0.717, 1.165) is 30.6 Å². The van der Waals surface area contributed by atoms with Gasteiger partial charge in [-0.2, -0.15) is 4.98 Å². The van der Waals surface area contributed by atoms with Gasteiger partial charge in [-0.25, -0.2) is 4.98 Å². The van der Waals surface area contributed by atoms with Crippen LogP contribution in [0.1, 0.15) is 76.1 Å². The normalized spacial score (nSPS) is 26.9. The fourth-order valence-electron chi connectivity index (χ4n) is 7.68. The Morgan fingerprint density at radius 3 is 2.47 bits per heavy atom. The number of quaternary nitrogens is 2. The number of hydrogen-bond donors (Lipinski definition) is 4. The molecule has 2 saturated carbocycles. The van der Waals surface area contributed by atoms with E-state index in [2.05, 4.69) is 34.4 Å². The monoisotopic (exact) mass is 620 g/mol. The topological polar surface area (TPSA) is 109 Å². The summed E-state index contributed by atoms with van der Waals surface area (Å²) in [6, 6.07) is 6.19. The maximum atomic E-state index is 13.3. The number of nitrogens with one attached hydrogen (secondary N) is 4. The van der Waals surface area contributed by atoms with Crippen LogP contribution in [0.2, 0.25) is 0 Å². The Hall–Kier alpha value is -3.44. The summed E-state index contributed by atoms with van der Waals surface area (Å²) in [6.07, 6.45) is 9.72. The molecule has 45 heavy (non-hydrogen) atoms. The van der Waals surface area contributed by atoms with Crippen molar-refractivity contribution >= 4 is 35.0 Å². The number of benzene rings is 1. The maximum Gasteiger partial charge on any atom is 0.251 e. The number of likely N-dealkylation sites (N-methyl/N-ethyl adjacent to an activating group) is 1. The van der Waals surface area contributed by atoms with Gasteiger partial charge >= 0.3 is 0 Å². The molecular formula is C34H52N8O3+2. The molecule has 1 aromatic heterocycles. The molecule has 2 amide bonds. The number of hydrogen-bond acceptors (Lipinski definition) is 7. The third-order valence-corrected chi connectivity index (χ3v) is 10.5. The molecule has 3 heterocycles. The van der Waals surface area contributed by atoms with E-state index >= 15 is 0 Å². The van der Waals surface area contributed by atoms with Gasteiger partial charge in [0.1, 0.15) is 43.7 Å². The van der Waals surface area contributed by atoms with E-state index in [1.807, 2.05) is 24.0 Å². The van der Waals surface area contributed by atoms with Crippen LogP contribution >= 0.6 is 0 Å². The van der Waals surface area contributed by atoms with Crippen LogP contribution in [0.25, 0.3) is 0 Å². The van der Waals surface area contributed by atoms with E-state index < -0.39 is 0 Å². The van der Waals surface area contributed by atoms with Crippen LogP contribution in [0.3, 0.4) is 0 Å². The number of carbonyl (C=O) groups is 2. The second-order valence-electron chi connectivity index (χ2n) is 13.8. The maximum absolute atomic E-state index is 13.3. The lowest BCUT2D eigenvalue weighted by atomic mass is 9.89. The molecule has 244 valence electrons. The molecule has 2 aliphatic heterocycles. The van der Waals surface area contributed by atoms with Gasteiger partial charge in [0.05, 0.1) is 31.6 Å². The molecule has 4 N–H and O–H groups in total. The average molecular weight is 621 g/mol. The Balaban J connectivity index is 1.06. The number of aromatic nitrogens is 2. The van der Waals surface area contributed by atoms with Gasteiger partial charge in [0.2, 0.25) is 11.9 Å². The van der Waals surface area contributed by atoms with Crippen LogP contribution < -0.4 is 35.0 Å². The Bertz CT molecular complexity index is 1370. The van der Waals surface area contributed by atoms with Crippen LogP contribution in [0.5, 0.6) is 5.75 Å². The Kier molecular flexibility index (Phi) is 9.46. The molecule has 0 spiro atoms. The summed E-state index contributed by atoms with van der Waals surface area (Å²) in [5.74, 6) is 2.66. The minimum Gasteiger partial charge on any atom is -0.495 e. The van der Waals surface area contributed by atoms with E-state index in [-0.39, 0.29) is 29.9 Å². The lowest BCUT2D eigenvalue weighted by Gasteiger charge is -2.42. The van der Waals surface area contributed by atoms with Crippen LogP contribution in [0.15, 0.2) is 24.4 Å². The molecular weight excluding hydrogens is 568 g/mol. The van der Waals surface area contributed by atoms with Crippen molar-refractivity contribution in [3.05, 3.63) is 30.0 Å². The van der Waals surface area contributed by atoms with Crippen molar-refractivity contribution < 1.29 is 24.1 Å². The number of amides is 2. The largest absolute Gasteiger partial charge is 0.495 e. The number of anilines is 4. The van der Waals surface area contributed by atoms with Gasteiger partial charge in [0, 0.05) is 43.5 Å². The molecule has 0 bridgehead atoms. The second-order valence-corrected chi connectivity index (χ2v) is 13.8. The first-order chi connectivity index (χ1) is 21.7. The van der Waals surface area contributed by atoms with Gasteiger partial charge in [0.25, 0.3) is 5.91 Å². The van der Waals surface area contributed by atoms with Crippen molar-refractivity contribution in [2.24, 2.45) is 5.92 Å². The van der Waals surface area contributed by atoms with Gasteiger partial charge in [-0.05, 0) is 64.2 Å². The molecule has 1 saturated heterocycles. The van der Waals surface area contributed by atoms with E-state index in [9.17, 15) is 9.59 Å². The number of methoxy groups -OCH3 is 1. The Labute approximate surface area is 267 Å². The number of piperazine rings is 1. The number of fused-ring (bicyclic) bond motifs is 1. The zero-order chi connectivity index (χ0) is 31.7. The molecule has 3 fully saturated rings. The molecule has 1 atom stereocenters. The van der Waals surface area contributed by atoms with E-state index in [1.54, 1.807) is 36.2 Å². The van der Waals surface area contributed by atoms with E-state index in [1.165, 1.54) is 58.4 Å². The molecule has 1 aromatic carbocycles. The summed E-state index contributed by atoms with van der Waals surface area (Å²) in [5, 5.41) is 6.57. The molecule has 2 aromatic rings. The minimum absolute atomic E-state index is 0.0472. The highest BCUT2D eigenvalue weighted by atomic mass is 16.5. The van der Waals surface area contributed by atoms with E-state index in [4.69, 9.17) is 9.72 Å². The zero-order valence-electron chi connectivity index (χ0n) is 27.7. The van der Waals surface area contributed by atoms with Crippen molar-refractivity contribution in [2.75, 3.05) is 62.0 Å². The first-order valence-electron chi connectivity index (χ1n) is 17.1. The Morgan fingerprint density at radius 1 is 1.09 bits per heavy atom. The molecule has 11 heteroatoms. The fourth-order valence-corrected chi connectivity index (χ4v) is 7.68. The van der Waals surface area contributed by atoms with Crippen molar-refractivity contribution in [2.45, 2.75) is 89.9 Å². The van der Waals surface area contributed by atoms with Crippen LogP contribution in [0.4, 0.5) is 23.1 Å². The van der Waals surface area contributed by atoms with Gasteiger partial charge < -0.3 is 35.0 Å². The van der Waals surface area contributed by atoms with Gasteiger partial charge in [-0.15, -0.1) is 0 Å². The summed E-state index contributed by atoms with van der Waals surface area (Å²) in [6.45, 7) is 12.8. The summed E-state index contributed by atoms with van der Waals surface area (Å²) in [4.78, 5) is 42.9. The van der Waals surface area contributed by atoms with Crippen LogP contribution in [0, 0.1) is 5.92 Å². The van der Waals surface area contributed by atoms with Crippen molar-refractivity contribution in [1.29, 1.82) is 0 Å². The minimum atomic E-state index is -0.276. The van der Waals surface area contributed by atoms with E-state index in [0.29, 0.717) is 35.1 Å². The zero-order valence-corrected chi connectivity index (χ0v) is 27.7. The summed E-state index contributed by atoms with van der Waals surface area (Å²) in [5.41, 5.74) is 1.92. The summed E-state index contributed by atoms with van der Waals surface area (Å²) >= 11 is 0.